The molecular weight excluding hydrogens is 441 g/mol. The van der Waals surface area contributed by atoms with Gasteiger partial charge in [0.15, 0.2) is 0 Å². The summed E-state index contributed by atoms with van der Waals surface area (Å²) in [6.45, 7) is 14.0. The number of nitrogens with zero attached hydrogens (tertiary/aromatic N) is 3. The Hall–Kier alpha value is -2.78. The van der Waals surface area contributed by atoms with Crippen molar-refractivity contribution < 1.29 is 23.6 Å². The van der Waals surface area contributed by atoms with Crippen LogP contribution in [0.5, 0.6) is 0 Å². The largest absolute Gasteiger partial charge is 0.466 e. The molecule has 0 saturated carbocycles. The molecule has 0 radical (unpaired) electrons. The fourth-order valence-electron chi connectivity index (χ4n) is 4.55. The van der Waals surface area contributed by atoms with Crippen LogP contribution in [-0.2, 0) is 26.2 Å². The van der Waals surface area contributed by atoms with Gasteiger partial charge in [0.25, 0.3) is 0 Å². The average molecular weight is 476 g/mol. The van der Waals surface area contributed by atoms with Crippen LogP contribution in [0.3, 0.4) is 0 Å². The molecule has 0 bridgehead atoms. The van der Waals surface area contributed by atoms with E-state index in [9.17, 15) is 19.3 Å². The molecule has 1 aromatic carbocycles. The molecule has 0 aliphatic carbocycles. The Morgan fingerprint density at radius 1 is 1.32 bits per heavy atom. The second-order valence-corrected chi connectivity index (χ2v) is 9.35. The Bertz CT molecular complexity index is 1040. The predicted molar refractivity (Wildman–Crippen MR) is 128 cm³/mol. The Morgan fingerprint density at radius 2 is 2.03 bits per heavy atom. The molecule has 1 aromatic heterocycles. The average Bonchev–Trinajstić information content (AvgIpc) is 3.15. The summed E-state index contributed by atoms with van der Waals surface area (Å²) >= 11 is 0. The van der Waals surface area contributed by atoms with Crippen LogP contribution in [0, 0.1) is 21.8 Å². The van der Waals surface area contributed by atoms with Crippen LogP contribution in [0.25, 0.3) is 10.9 Å². The van der Waals surface area contributed by atoms with Crippen molar-refractivity contribution in [3.05, 3.63) is 52.5 Å². The van der Waals surface area contributed by atoms with Crippen LogP contribution >= 0.6 is 0 Å². The molecule has 1 aliphatic rings. The first-order valence-electron chi connectivity index (χ1n) is 11.7. The number of allylic oxidation sites excluding steroid dienone is 1. The van der Waals surface area contributed by atoms with Gasteiger partial charge in [0.2, 0.25) is 5.82 Å². The summed E-state index contributed by atoms with van der Waals surface area (Å²) in [5.74, 6) is -0.961. The van der Waals surface area contributed by atoms with E-state index in [0.717, 1.165) is 38.2 Å². The fraction of sp³-hybridized carbons (Fsp3) is 0.560. The summed E-state index contributed by atoms with van der Waals surface area (Å²) in [5, 5.41) is 11.8. The van der Waals surface area contributed by atoms with Crippen molar-refractivity contribution in [2.75, 3.05) is 39.5 Å². The zero-order chi connectivity index (χ0) is 24.9. The minimum absolute atomic E-state index is 0.0107. The van der Waals surface area contributed by atoms with Crippen LogP contribution in [-0.4, -0.2) is 59.8 Å². The van der Waals surface area contributed by atoms with E-state index in [-0.39, 0.29) is 11.9 Å². The fourth-order valence-corrected chi connectivity index (χ4v) is 4.55. The van der Waals surface area contributed by atoms with E-state index < -0.39 is 21.8 Å². The third-order valence-electron chi connectivity index (χ3n) is 6.39. The maximum atomic E-state index is 14.3. The first-order chi connectivity index (χ1) is 16.2. The number of hydrogen-bond donors (Lipinski definition) is 0. The zero-order valence-electron chi connectivity index (χ0n) is 20.2. The second kappa shape index (κ2) is 11.1. The van der Waals surface area contributed by atoms with Crippen molar-refractivity contribution in [3.63, 3.8) is 0 Å². The number of carbonyl (C=O) groups is 1. The third-order valence-corrected chi connectivity index (χ3v) is 6.39. The van der Waals surface area contributed by atoms with Gasteiger partial charge in [-0.3, -0.25) is 14.9 Å². The van der Waals surface area contributed by atoms with Gasteiger partial charge < -0.3 is 18.9 Å². The lowest BCUT2D eigenvalue weighted by molar-refractivity contribution is -0.387. The van der Waals surface area contributed by atoms with Crippen molar-refractivity contribution in [1.82, 2.24) is 9.47 Å². The smallest absolute Gasteiger partial charge is 0.309 e. The first-order valence-corrected chi connectivity index (χ1v) is 11.7. The summed E-state index contributed by atoms with van der Waals surface area (Å²) < 4.78 is 27.4. The molecule has 9 heteroatoms. The highest BCUT2D eigenvalue weighted by atomic mass is 19.1. The SMILES string of the molecule is C=CCn1c(C(C)(C)COCCN2CCC(C(=O)OCC)CC2)cc2cc([N+](=O)[O-])c(F)cc21. The highest BCUT2D eigenvalue weighted by molar-refractivity contribution is 5.84. The number of nitro benzene ring substituents is 1. The number of esters is 1. The monoisotopic (exact) mass is 475 g/mol. The number of benzene rings is 1. The second-order valence-electron chi connectivity index (χ2n) is 9.35. The van der Waals surface area contributed by atoms with E-state index in [0.29, 0.717) is 37.3 Å². The lowest BCUT2D eigenvalue weighted by Crippen LogP contribution is -2.39. The van der Waals surface area contributed by atoms with Gasteiger partial charge >= 0.3 is 11.7 Å². The van der Waals surface area contributed by atoms with Crippen molar-refractivity contribution in [3.8, 4) is 0 Å². The Labute approximate surface area is 199 Å². The number of halogens is 1. The number of rotatable bonds is 11. The normalized spacial score (nSPS) is 15.5. The van der Waals surface area contributed by atoms with E-state index in [1.165, 1.54) is 12.1 Å². The summed E-state index contributed by atoms with van der Waals surface area (Å²) in [6, 6.07) is 4.37. The standard InChI is InChI=1S/C25H34FN3O5/c1-5-9-28-21-16-20(26)22(29(31)32)14-19(21)15-23(28)25(3,4)17-33-13-12-27-10-7-18(8-11-27)24(30)34-6-2/h5,14-16,18H,1,6-13,17H2,2-4H3. The third kappa shape index (κ3) is 5.82. The highest BCUT2D eigenvalue weighted by Gasteiger charge is 2.29. The molecule has 186 valence electrons. The van der Waals surface area contributed by atoms with Gasteiger partial charge in [-0.1, -0.05) is 19.9 Å². The van der Waals surface area contributed by atoms with Gasteiger partial charge in [0.1, 0.15) is 0 Å². The Kier molecular flexibility index (Phi) is 8.43. The van der Waals surface area contributed by atoms with Crippen molar-refractivity contribution >= 4 is 22.6 Å². The summed E-state index contributed by atoms with van der Waals surface area (Å²) in [5.41, 5.74) is 0.549. The molecule has 1 saturated heterocycles. The van der Waals surface area contributed by atoms with E-state index in [4.69, 9.17) is 9.47 Å². The van der Waals surface area contributed by atoms with Gasteiger partial charge in [-0.15, -0.1) is 6.58 Å². The maximum Gasteiger partial charge on any atom is 0.309 e. The molecule has 34 heavy (non-hydrogen) atoms. The molecule has 2 aromatic rings. The highest BCUT2D eigenvalue weighted by Crippen LogP contribution is 2.33. The van der Waals surface area contributed by atoms with Crippen molar-refractivity contribution in [2.24, 2.45) is 5.92 Å². The molecule has 0 N–H and O–H groups in total. The van der Waals surface area contributed by atoms with Crippen LogP contribution in [0.4, 0.5) is 10.1 Å². The summed E-state index contributed by atoms with van der Waals surface area (Å²) in [7, 11) is 0. The van der Waals surface area contributed by atoms with Gasteiger partial charge in [-0.2, -0.15) is 4.39 Å². The number of aromatic nitrogens is 1. The lowest BCUT2D eigenvalue weighted by Gasteiger charge is -2.31. The number of ether oxygens (including phenoxy) is 2. The minimum Gasteiger partial charge on any atom is -0.466 e. The van der Waals surface area contributed by atoms with Crippen molar-refractivity contribution in [1.29, 1.82) is 0 Å². The van der Waals surface area contributed by atoms with E-state index in [1.807, 2.05) is 31.4 Å². The zero-order valence-corrected chi connectivity index (χ0v) is 20.2. The van der Waals surface area contributed by atoms with Gasteiger partial charge in [0.05, 0.1) is 36.2 Å². The maximum absolute atomic E-state index is 14.3. The number of likely N-dealkylation sites (tertiary alicyclic amines) is 1. The summed E-state index contributed by atoms with van der Waals surface area (Å²) in [4.78, 5) is 24.6. The number of nitro groups is 1. The van der Waals surface area contributed by atoms with Gasteiger partial charge in [-0.25, -0.2) is 0 Å². The van der Waals surface area contributed by atoms with E-state index in [1.54, 1.807) is 6.08 Å². The van der Waals surface area contributed by atoms with Crippen LogP contribution in [0.1, 0.15) is 39.3 Å². The van der Waals surface area contributed by atoms with Crippen LogP contribution in [0.2, 0.25) is 0 Å². The van der Waals surface area contributed by atoms with E-state index >= 15 is 0 Å². The Morgan fingerprint density at radius 3 is 2.65 bits per heavy atom. The topological polar surface area (TPSA) is 86.8 Å². The quantitative estimate of drug-likeness (QED) is 0.157. The number of piperidine rings is 1. The molecule has 3 rings (SSSR count). The lowest BCUT2D eigenvalue weighted by atomic mass is 9.90. The molecule has 0 spiro atoms. The number of carbonyl (C=O) groups excluding carboxylic acids is 1. The van der Waals surface area contributed by atoms with Gasteiger partial charge in [-0.05, 0) is 38.9 Å². The molecule has 0 amide bonds. The number of hydrogen-bond acceptors (Lipinski definition) is 6. The minimum atomic E-state index is -0.853. The molecule has 1 aliphatic heterocycles. The summed E-state index contributed by atoms with van der Waals surface area (Å²) in [6.07, 6.45) is 3.32. The van der Waals surface area contributed by atoms with Crippen LogP contribution < -0.4 is 0 Å². The Balaban J connectivity index is 1.62. The predicted octanol–water partition coefficient (Wildman–Crippen LogP) is 4.44. The number of fused-ring (bicyclic) bond motifs is 1. The van der Waals surface area contributed by atoms with Gasteiger partial charge in [0, 0.05) is 41.7 Å². The molecule has 0 unspecified atom stereocenters. The molecule has 0 atom stereocenters. The molecule has 2 heterocycles. The first kappa shape index (κ1) is 25.8. The van der Waals surface area contributed by atoms with Crippen molar-refractivity contribution in [2.45, 2.75) is 45.6 Å². The molecule has 8 nitrogen and oxygen atoms in total. The van der Waals surface area contributed by atoms with Crippen LogP contribution in [0.15, 0.2) is 30.9 Å². The molecular formula is C25H34FN3O5. The molecule has 1 fully saturated rings. The van der Waals surface area contributed by atoms with E-state index in [2.05, 4.69) is 11.5 Å².